The maximum Gasteiger partial charge on any atom is 0.0706 e. The summed E-state index contributed by atoms with van der Waals surface area (Å²) < 4.78 is 5.83. The molecular weight excluding hydrogens is 174 g/mol. The third-order valence-electron chi connectivity index (χ3n) is 4.11. The molecule has 1 saturated heterocycles. The summed E-state index contributed by atoms with van der Waals surface area (Å²) in [4.78, 5) is 0. The fourth-order valence-electron chi connectivity index (χ4n) is 3.12. The average molecular weight is 199 g/mol. The molecule has 1 N–H and O–H groups in total. The van der Waals surface area contributed by atoms with Crippen LogP contribution >= 0.6 is 0 Å². The number of rotatable bonds is 3. The molecule has 0 radical (unpaired) electrons. The van der Waals surface area contributed by atoms with Crippen molar-refractivity contribution in [3.05, 3.63) is 0 Å². The third-order valence-corrected chi connectivity index (χ3v) is 4.11. The van der Waals surface area contributed by atoms with E-state index in [1.54, 1.807) is 0 Å². The van der Waals surface area contributed by atoms with Crippen LogP contribution in [0.15, 0.2) is 0 Å². The van der Waals surface area contributed by atoms with Crippen LogP contribution in [0.3, 0.4) is 0 Å². The van der Waals surface area contributed by atoms with Gasteiger partial charge in [0.2, 0.25) is 0 Å². The second-order valence-electron chi connectivity index (χ2n) is 5.20. The van der Waals surface area contributed by atoms with Crippen molar-refractivity contribution < 1.29 is 4.74 Å². The minimum Gasteiger partial charge on any atom is -0.376 e. The van der Waals surface area contributed by atoms with Crippen molar-refractivity contribution in [1.82, 2.24) is 5.32 Å². The van der Waals surface area contributed by atoms with Crippen LogP contribution in [-0.4, -0.2) is 25.8 Å². The zero-order chi connectivity index (χ0) is 10.9. The molecule has 84 valence electrons. The van der Waals surface area contributed by atoms with E-state index in [9.17, 15) is 0 Å². The van der Waals surface area contributed by atoms with Gasteiger partial charge in [-0.15, -0.1) is 0 Å². The summed E-state index contributed by atoms with van der Waals surface area (Å²) >= 11 is 0. The van der Waals surface area contributed by atoms with Gasteiger partial charge >= 0.3 is 0 Å². The molecule has 0 aromatic heterocycles. The number of likely N-dealkylation sites (N-methyl/N-ethyl adjacent to an activating group) is 1. The standard InChI is InChI=1S/C12H25NO/c1-8(2)12(9(3)4)7-14-10(5)11(12)13-6/h8-11,13H,7H2,1-6H3/t10-,11+/m0/s1. The summed E-state index contributed by atoms with van der Waals surface area (Å²) in [5.74, 6) is 1.31. The molecule has 0 aromatic rings. The van der Waals surface area contributed by atoms with E-state index < -0.39 is 0 Å². The van der Waals surface area contributed by atoms with E-state index in [4.69, 9.17) is 4.74 Å². The van der Waals surface area contributed by atoms with Gasteiger partial charge in [0.25, 0.3) is 0 Å². The van der Waals surface area contributed by atoms with Crippen molar-refractivity contribution in [2.75, 3.05) is 13.7 Å². The molecule has 2 atom stereocenters. The molecule has 1 heterocycles. The summed E-state index contributed by atoms with van der Waals surface area (Å²) in [6.45, 7) is 12.3. The van der Waals surface area contributed by atoms with Gasteiger partial charge in [0.05, 0.1) is 12.7 Å². The van der Waals surface area contributed by atoms with Crippen LogP contribution in [0, 0.1) is 17.3 Å². The number of hydrogen-bond acceptors (Lipinski definition) is 2. The SMILES string of the molecule is CN[C@@H]1[C@H](C)OCC1(C(C)C)C(C)C. The second kappa shape index (κ2) is 4.19. The summed E-state index contributed by atoms with van der Waals surface area (Å²) in [7, 11) is 2.05. The Hall–Kier alpha value is -0.0800. The predicted octanol–water partition coefficient (Wildman–Crippen LogP) is 2.29. The molecule has 2 heteroatoms. The molecule has 0 aromatic carbocycles. The Balaban J connectivity index is 2.97. The molecule has 0 saturated carbocycles. The van der Waals surface area contributed by atoms with Gasteiger partial charge in [-0.3, -0.25) is 0 Å². The first-order chi connectivity index (χ1) is 6.46. The normalized spacial score (nSPS) is 31.7. The van der Waals surface area contributed by atoms with Crippen molar-refractivity contribution in [2.45, 2.75) is 46.8 Å². The number of nitrogens with one attached hydrogen (secondary N) is 1. The molecule has 0 unspecified atom stereocenters. The highest BCUT2D eigenvalue weighted by molar-refractivity contribution is 5.02. The molecule has 1 rings (SSSR count). The topological polar surface area (TPSA) is 21.3 Å². The lowest BCUT2D eigenvalue weighted by atomic mass is 9.65. The molecule has 14 heavy (non-hydrogen) atoms. The van der Waals surface area contributed by atoms with Gasteiger partial charge in [0.1, 0.15) is 0 Å². The van der Waals surface area contributed by atoms with Gasteiger partial charge in [-0.2, -0.15) is 0 Å². The van der Waals surface area contributed by atoms with E-state index in [0.717, 1.165) is 6.61 Å². The van der Waals surface area contributed by atoms with E-state index in [1.165, 1.54) is 0 Å². The van der Waals surface area contributed by atoms with E-state index in [0.29, 0.717) is 29.4 Å². The highest BCUT2D eigenvalue weighted by atomic mass is 16.5. The maximum atomic E-state index is 5.83. The zero-order valence-electron chi connectivity index (χ0n) is 10.4. The molecular formula is C12H25NO. The molecule has 1 aliphatic rings. The minimum atomic E-state index is 0.300. The van der Waals surface area contributed by atoms with E-state index in [1.807, 2.05) is 0 Å². The number of hydrogen-bond donors (Lipinski definition) is 1. The fourth-order valence-corrected chi connectivity index (χ4v) is 3.12. The van der Waals surface area contributed by atoms with Crippen molar-refractivity contribution in [3.8, 4) is 0 Å². The largest absolute Gasteiger partial charge is 0.376 e. The molecule has 0 amide bonds. The summed E-state index contributed by atoms with van der Waals surface area (Å²) in [6.07, 6.45) is 0.338. The lowest BCUT2D eigenvalue weighted by Gasteiger charge is -2.42. The van der Waals surface area contributed by atoms with Gasteiger partial charge in [-0.25, -0.2) is 0 Å². The zero-order valence-corrected chi connectivity index (χ0v) is 10.4. The van der Waals surface area contributed by atoms with Gasteiger partial charge in [-0.05, 0) is 25.8 Å². The minimum absolute atomic E-state index is 0.300. The molecule has 0 spiro atoms. The first-order valence-electron chi connectivity index (χ1n) is 5.75. The van der Waals surface area contributed by atoms with Gasteiger partial charge in [-0.1, -0.05) is 27.7 Å². The monoisotopic (exact) mass is 199 g/mol. The lowest BCUT2D eigenvalue weighted by Crippen LogP contribution is -2.51. The first kappa shape index (κ1) is 12.0. The van der Waals surface area contributed by atoms with Crippen LogP contribution in [0.4, 0.5) is 0 Å². The van der Waals surface area contributed by atoms with Crippen molar-refractivity contribution >= 4 is 0 Å². The maximum absolute atomic E-state index is 5.83. The molecule has 2 nitrogen and oxygen atoms in total. The van der Waals surface area contributed by atoms with E-state index in [2.05, 4.69) is 47.0 Å². The Labute approximate surface area is 88.4 Å². The van der Waals surface area contributed by atoms with Crippen LogP contribution in [-0.2, 0) is 4.74 Å². The smallest absolute Gasteiger partial charge is 0.0706 e. The van der Waals surface area contributed by atoms with E-state index in [-0.39, 0.29) is 0 Å². The summed E-state index contributed by atoms with van der Waals surface area (Å²) in [5, 5.41) is 3.44. The van der Waals surface area contributed by atoms with Crippen molar-refractivity contribution in [3.63, 3.8) is 0 Å². The van der Waals surface area contributed by atoms with E-state index >= 15 is 0 Å². The predicted molar refractivity (Wildman–Crippen MR) is 60.4 cm³/mol. The average Bonchev–Trinajstić information content (AvgIpc) is 2.43. The summed E-state index contributed by atoms with van der Waals surface area (Å²) in [6, 6.07) is 0.488. The second-order valence-corrected chi connectivity index (χ2v) is 5.20. The molecule has 1 fully saturated rings. The summed E-state index contributed by atoms with van der Waals surface area (Å²) in [5.41, 5.74) is 0.300. The van der Waals surface area contributed by atoms with Gasteiger partial charge in [0, 0.05) is 11.5 Å². The number of ether oxygens (including phenoxy) is 1. The Bertz CT molecular complexity index is 181. The Morgan fingerprint density at radius 2 is 1.71 bits per heavy atom. The Morgan fingerprint density at radius 1 is 1.21 bits per heavy atom. The van der Waals surface area contributed by atoms with Gasteiger partial charge < -0.3 is 10.1 Å². The molecule has 0 aliphatic carbocycles. The quantitative estimate of drug-likeness (QED) is 0.753. The van der Waals surface area contributed by atoms with Crippen molar-refractivity contribution in [2.24, 2.45) is 17.3 Å². The van der Waals surface area contributed by atoms with Gasteiger partial charge in [0.15, 0.2) is 0 Å². The highest BCUT2D eigenvalue weighted by Crippen LogP contribution is 2.45. The third kappa shape index (κ3) is 1.59. The van der Waals surface area contributed by atoms with Crippen LogP contribution < -0.4 is 5.32 Å². The fraction of sp³-hybridized carbons (Fsp3) is 1.00. The van der Waals surface area contributed by atoms with Crippen LogP contribution in [0.25, 0.3) is 0 Å². The first-order valence-corrected chi connectivity index (χ1v) is 5.75. The van der Waals surface area contributed by atoms with Crippen LogP contribution in [0.1, 0.15) is 34.6 Å². The molecule has 0 bridgehead atoms. The highest BCUT2D eigenvalue weighted by Gasteiger charge is 2.51. The Morgan fingerprint density at radius 3 is 2.00 bits per heavy atom. The lowest BCUT2D eigenvalue weighted by molar-refractivity contribution is 0.0599. The van der Waals surface area contributed by atoms with Crippen molar-refractivity contribution in [1.29, 1.82) is 0 Å². The van der Waals surface area contributed by atoms with Crippen LogP contribution in [0.2, 0.25) is 0 Å². The molecule has 1 aliphatic heterocycles. The van der Waals surface area contributed by atoms with Crippen LogP contribution in [0.5, 0.6) is 0 Å². The Kier molecular flexibility index (Phi) is 3.59.